The lowest BCUT2D eigenvalue weighted by Crippen LogP contribution is -2.22. The van der Waals surface area contributed by atoms with Crippen molar-refractivity contribution in [3.63, 3.8) is 0 Å². The Hall–Kier alpha value is -4.08. The van der Waals surface area contributed by atoms with E-state index in [4.69, 9.17) is 9.94 Å². The molecule has 3 aromatic rings. The first kappa shape index (κ1) is 24.1. The van der Waals surface area contributed by atoms with Crippen LogP contribution in [-0.2, 0) is 16.6 Å². The summed E-state index contributed by atoms with van der Waals surface area (Å²) in [6, 6.07) is 3.17. The summed E-state index contributed by atoms with van der Waals surface area (Å²) in [7, 11) is 1.51. The molecule has 0 aliphatic heterocycles. The summed E-state index contributed by atoms with van der Waals surface area (Å²) in [4.78, 5) is 32.0. The van der Waals surface area contributed by atoms with Gasteiger partial charge in [0.15, 0.2) is 11.5 Å². The van der Waals surface area contributed by atoms with Crippen LogP contribution >= 0.6 is 0 Å². The van der Waals surface area contributed by atoms with E-state index in [1.807, 2.05) is 0 Å². The Morgan fingerprint density at radius 2 is 2.06 bits per heavy atom. The van der Waals surface area contributed by atoms with E-state index in [0.29, 0.717) is 17.6 Å². The average Bonchev–Trinajstić information content (AvgIpc) is 3.55. The van der Waals surface area contributed by atoms with Crippen LogP contribution in [-0.4, -0.2) is 53.4 Å². The van der Waals surface area contributed by atoms with Crippen molar-refractivity contribution in [1.29, 1.82) is 0 Å². The number of ether oxygens (including phenoxy) is 1. The Balaban J connectivity index is 1.42. The second kappa shape index (κ2) is 9.65. The van der Waals surface area contributed by atoms with Crippen LogP contribution in [0.15, 0.2) is 30.6 Å². The zero-order chi connectivity index (χ0) is 25.3. The second-order valence-electron chi connectivity index (χ2n) is 7.75. The van der Waals surface area contributed by atoms with Crippen LogP contribution in [0.5, 0.6) is 0 Å². The molecule has 1 aliphatic carbocycles. The minimum absolute atomic E-state index is 0.114. The van der Waals surface area contributed by atoms with Crippen LogP contribution < -0.4 is 10.6 Å². The van der Waals surface area contributed by atoms with E-state index in [1.54, 1.807) is 0 Å². The number of aryl methyl sites for hydroxylation is 1. The van der Waals surface area contributed by atoms with Crippen molar-refractivity contribution in [2.45, 2.75) is 25.5 Å². The molecule has 0 aromatic carbocycles. The molecule has 184 valence electrons. The van der Waals surface area contributed by atoms with Crippen molar-refractivity contribution < 1.29 is 28.3 Å². The number of hydrogen-bond acceptors (Lipinski definition) is 10. The molecule has 2 amide bonds. The third-order valence-electron chi connectivity index (χ3n) is 5.25. The third kappa shape index (κ3) is 5.37. The van der Waals surface area contributed by atoms with E-state index in [9.17, 15) is 23.6 Å². The van der Waals surface area contributed by atoms with Gasteiger partial charge in [-0.05, 0) is 31.5 Å². The van der Waals surface area contributed by atoms with Crippen LogP contribution in [0.3, 0.4) is 0 Å². The van der Waals surface area contributed by atoms with E-state index < -0.39 is 41.8 Å². The van der Waals surface area contributed by atoms with Gasteiger partial charge in [-0.1, -0.05) is 5.21 Å². The molecule has 4 rings (SSSR count). The van der Waals surface area contributed by atoms with E-state index >= 15 is 0 Å². The predicted octanol–water partition coefficient (Wildman–Crippen LogP) is 2.38. The molecule has 13 nitrogen and oxygen atoms in total. The normalized spacial score (nSPS) is 17.7. The number of hydrogen-bond donors (Lipinski definition) is 3. The van der Waals surface area contributed by atoms with Crippen molar-refractivity contribution >= 4 is 23.5 Å². The number of nitrogens with one attached hydrogen (secondary N) is 2. The van der Waals surface area contributed by atoms with Crippen LogP contribution in [0, 0.1) is 22.9 Å². The Morgan fingerprint density at radius 1 is 1.29 bits per heavy atom. The lowest BCUT2D eigenvalue weighted by Gasteiger charge is -2.18. The first-order valence-electron chi connectivity index (χ1n) is 10.2. The van der Waals surface area contributed by atoms with Gasteiger partial charge in [0.25, 0.3) is 0 Å². The summed E-state index contributed by atoms with van der Waals surface area (Å²) in [5.74, 6) is -2.67. The van der Waals surface area contributed by atoms with Crippen molar-refractivity contribution in [1.82, 2.24) is 30.2 Å². The summed E-state index contributed by atoms with van der Waals surface area (Å²) in [6.45, 7) is 1.36. The van der Waals surface area contributed by atoms with Gasteiger partial charge < -0.3 is 20.5 Å². The summed E-state index contributed by atoms with van der Waals surface area (Å²) in [5, 5.41) is 32.3. The molecule has 0 unspecified atom stereocenters. The summed E-state index contributed by atoms with van der Waals surface area (Å²) in [6.07, 6.45) is 0.183. The highest BCUT2D eigenvalue weighted by atomic mass is 19.1. The van der Waals surface area contributed by atoms with Gasteiger partial charge in [-0.15, -0.1) is 5.10 Å². The fraction of sp³-hybridized carbons (Fsp3) is 0.300. The molecule has 3 aromatic heterocycles. The highest BCUT2D eigenvalue weighted by molar-refractivity contribution is 5.95. The van der Waals surface area contributed by atoms with Crippen LogP contribution in [0.4, 0.5) is 25.1 Å². The quantitative estimate of drug-likeness (QED) is 0.331. The van der Waals surface area contributed by atoms with Gasteiger partial charge in [-0.2, -0.15) is 4.39 Å². The fourth-order valence-electron chi connectivity index (χ4n) is 3.29. The van der Waals surface area contributed by atoms with Gasteiger partial charge in [0, 0.05) is 13.1 Å². The molecule has 35 heavy (non-hydrogen) atoms. The lowest BCUT2D eigenvalue weighted by molar-refractivity contribution is -0.119. The van der Waals surface area contributed by atoms with Gasteiger partial charge >= 0.3 is 6.09 Å². The van der Waals surface area contributed by atoms with Crippen LogP contribution in [0.2, 0.25) is 0 Å². The van der Waals surface area contributed by atoms with Gasteiger partial charge in [-0.3, -0.25) is 20.3 Å². The van der Waals surface area contributed by atoms with E-state index in [-0.39, 0.29) is 28.7 Å². The third-order valence-corrected chi connectivity index (χ3v) is 5.25. The Morgan fingerprint density at radius 3 is 2.71 bits per heavy atom. The van der Waals surface area contributed by atoms with Gasteiger partial charge in [0.1, 0.15) is 11.9 Å². The SMILES string of the molecule is C[C@@H](OC(=O)Nc1c(-c2ccc(NC(=O)[C@@H]3C[C@H]3N([O-])O)cn2)nnn1C)c1cc(F)cnc1F. The molecule has 0 radical (unpaired) electrons. The first-order chi connectivity index (χ1) is 16.6. The smallest absolute Gasteiger partial charge is 0.413 e. The van der Waals surface area contributed by atoms with Gasteiger partial charge in [-0.25, -0.2) is 18.9 Å². The Kier molecular flexibility index (Phi) is 6.63. The van der Waals surface area contributed by atoms with Crippen LogP contribution in [0.25, 0.3) is 11.4 Å². The topological polar surface area (TPSA) is 170 Å². The number of hydroxylamine groups is 2. The molecule has 3 N–H and O–H groups in total. The molecule has 1 aliphatic rings. The minimum Gasteiger partial charge on any atom is -0.762 e. The zero-order valence-electron chi connectivity index (χ0n) is 18.3. The molecule has 1 fully saturated rings. The Labute approximate surface area is 196 Å². The maximum Gasteiger partial charge on any atom is 0.413 e. The number of carbonyl (C=O) groups is 2. The number of aromatic nitrogens is 5. The molecular formula is C20H19F2N8O5-. The second-order valence-corrected chi connectivity index (χ2v) is 7.75. The highest BCUT2D eigenvalue weighted by Crippen LogP contribution is 2.35. The summed E-state index contributed by atoms with van der Waals surface area (Å²) < 4.78 is 33.6. The fourth-order valence-corrected chi connectivity index (χ4v) is 3.29. The largest absolute Gasteiger partial charge is 0.762 e. The van der Waals surface area contributed by atoms with Gasteiger partial charge in [0.05, 0.1) is 35.3 Å². The van der Waals surface area contributed by atoms with E-state index in [1.165, 1.54) is 37.0 Å². The van der Waals surface area contributed by atoms with Gasteiger partial charge in [0.2, 0.25) is 11.9 Å². The molecule has 0 saturated heterocycles. The highest BCUT2D eigenvalue weighted by Gasteiger charge is 2.44. The zero-order valence-corrected chi connectivity index (χ0v) is 18.3. The number of nitrogens with zero attached hydrogens (tertiary/aromatic N) is 6. The number of pyridine rings is 2. The van der Waals surface area contributed by atoms with E-state index in [2.05, 4.69) is 30.9 Å². The number of rotatable bonds is 7. The summed E-state index contributed by atoms with van der Waals surface area (Å²) >= 11 is 0. The van der Waals surface area contributed by atoms with Crippen molar-refractivity contribution in [2.75, 3.05) is 10.6 Å². The monoisotopic (exact) mass is 489 g/mol. The molecular weight excluding hydrogens is 470 g/mol. The minimum atomic E-state index is -1.14. The molecule has 0 spiro atoms. The van der Waals surface area contributed by atoms with Crippen molar-refractivity contribution in [2.24, 2.45) is 13.0 Å². The average molecular weight is 489 g/mol. The maximum absolute atomic E-state index is 13.8. The maximum atomic E-state index is 13.8. The summed E-state index contributed by atoms with van der Waals surface area (Å²) in [5.41, 5.74) is 0.586. The number of anilines is 2. The van der Waals surface area contributed by atoms with Crippen molar-refractivity contribution in [3.05, 3.63) is 53.1 Å². The standard InChI is InChI=1S/C20H19F2N8O5/c1-9(12-5-10(21)7-24-17(12)22)35-20(32)26-18-16(27-28-29(18)2)14-4-3-11(8-23-14)25-19(31)13-6-15(13)30(33)34/h3-5,7-9,13,15,33H,6H2,1-2H3,(H,25,31)(H,26,32)/q-1/t9-,13-,15-/m1/s1. The van der Waals surface area contributed by atoms with Crippen LogP contribution in [0.1, 0.15) is 25.0 Å². The molecule has 0 bridgehead atoms. The number of carbonyl (C=O) groups excluding carboxylic acids is 2. The molecule has 3 heterocycles. The number of amides is 2. The molecule has 1 saturated carbocycles. The lowest BCUT2D eigenvalue weighted by atomic mass is 10.2. The first-order valence-corrected chi connectivity index (χ1v) is 10.2. The predicted molar refractivity (Wildman–Crippen MR) is 114 cm³/mol. The van der Waals surface area contributed by atoms with Crippen molar-refractivity contribution in [3.8, 4) is 11.4 Å². The molecule has 15 heteroatoms. The Bertz CT molecular complexity index is 1250. The number of halogens is 2. The molecule has 3 atom stereocenters. The van der Waals surface area contributed by atoms with E-state index in [0.717, 1.165) is 6.07 Å².